The summed E-state index contributed by atoms with van der Waals surface area (Å²) in [7, 11) is 0. The van der Waals surface area contributed by atoms with Gasteiger partial charge in [0.25, 0.3) is 5.91 Å². The molecule has 0 fully saturated rings. The van der Waals surface area contributed by atoms with E-state index in [1.165, 1.54) is 0 Å². The lowest BCUT2D eigenvalue weighted by Crippen LogP contribution is -2.35. The van der Waals surface area contributed by atoms with E-state index in [9.17, 15) is 4.79 Å². The second-order valence-corrected chi connectivity index (χ2v) is 7.44. The average molecular weight is 402 g/mol. The number of nitrogens with one attached hydrogen (secondary N) is 1. The molecule has 1 N–H and O–H groups in total. The van der Waals surface area contributed by atoms with Crippen LogP contribution in [0.2, 0.25) is 0 Å². The Hall–Kier alpha value is -3.41. The number of carbonyl (C=O) groups excluding carboxylic acids is 1. The van der Waals surface area contributed by atoms with Crippen molar-refractivity contribution in [2.24, 2.45) is 5.10 Å². The van der Waals surface area contributed by atoms with E-state index in [2.05, 4.69) is 40.7 Å². The van der Waals surface area contributed by atoms with Crippen LogP contribution in [-0.4, -0.2) is 39.5 Å². The molecule has 0 spiro atoms. The number of nitrogens with zero attached hydrogens (tertiary/aromatic N) is 4. The molecule has 1 aliphatic heterocycles. The van der Waals surface area contributed by atoms with Crippen LogP contribution in [0.5, 0.6) is 0 Å². The molecule has 0 saturated heterocycles. The first-order valence-corrected chi connectivity index (χ1v) is 10.4. The van der Waals surface area contributed by atoms with Crippen molar-refractivity contribution in [2.75, 3.05) is 13.1 Å². The fraction of sp³-hybridized carbons (Fsp3) is 0.292. The topological polar surface area (TPSA) is 62.5 Å². The molecule has 0 radical (unpaired) electrons. The second kappa shape index (κ2) is 8.95. The molecule has 30 heavy (non-hydrogen) atoms. The summed E-state index contributed by atoms with van der Waals surface area (Å²) in [5.41, 5.74) is 4.96. The Labute approximate surface area is 177 Å². The van der Waals surface area contributed by atoms with Crippen LogP contribution >= 0.6 is 0 Å². The molecule has 1 aromatic heterocycles. The van der Waals surface area contributed by atoms with Gasteiger partial charge in [-0.2, -0.15) is 10.2 Å². The Kier molecular flexibility index (Phi) is 5.93. The highest BCUT2D eigenvalue weighted by Gasteiger charge is 2.28. The van der Waals surface area contributed by atoms with E-state index in [4.69, 9.17) is 5.10 Å². The van der Waals surface area contributed by atoms with Gasteiger partial charge in [0.2, 0.25) is 0 Å². The van der Waals surface area contributed by atoms with Crippen LogP contribution in [-0.2, 0) is 6.54 Å². The Morgan fingerprint density at radius 3 is 2.47 bits per heavy atom. The normalized spacial score (nSPS) is 14.5. The lowest BCUT2D eigenvalue weighted by atomic mass is 10.1. The maximum absolute atomic E-state index is 12.6. The van der Waals surface area contributed by atoms with Gasteiger partial charge < -0.3 is 5.32 Å². The van der Waals surface area contributed by atoms with Gasteiger partial charge in [-0.3, -0.25) is 14.5 Å². The van der Waals surface area contributed by atoms with Gasteiger partial charge in [0.05, 0.1) is 17.4 Å². The molecule has 154 valence electrons. The molecule has 0 bridgehead atoms. The maximum atomic E-state index is 12.6. The summed E-state index contributed by atoms with van der Waals surface area (Å²) < 4.78 is 1.94. The molecule has 2 heterocycles. The highest BCUT2D eigenvalue weighted by atomic mass is 16.1. The van der Waals surface area contributed by atoms with Crippen LogP contribution in [0.1, 0.15) is 46.6 Å². The van der Waals surface area contributed by atoms with E-state index in [1.54, 1.807) is 0 Å². The van der Waals surface area contributed by atoms with Crippen molar-refractivity contribution in [1.82, 2.24) is 20.1 Å². The Balaban J connectivity index is 1.58. The molecule has 6 nitrogen and oxygen atoms in total. The largest absolute Gasteiger partial charge is 0.350 e. The lowest BCUT2D eigenvalue weighted by molar-refractivity contribution is 0.0936. The lowest BCUT2D eigenvalue weighted by Gasteiger charge is -2.26. The van der Waals surface area contributed by atoms with Crippen molar-refractivity contribution in [1.29, 1.82) is 0 Å². The summed E-state index contributed by atoms with van der Waals surface area (Å²) >= 11 is 0. The first-order chi connectivity index (χ1) is 14.7. The Bertz CT molecular complexity index is 1030. The molecule has 0 aliphatic carbocycles. The molecule has 1 atom stereocenters. The van der Waals surface area contributed by atoms with Crippen molar-refractivity contribution in [3.8, 4) is 0 Å². The van der Waals surface area contributed by atoms with Crippen LogP contribution in [0.25, 0.3) is 0 Å². The van der Waals surface area contributed by atoms with E-state index < -0.39 is 0 Å². The summed E-state index contributed by atoms with van der Waals surface area (Å²) in [5.74, 6) is -0.0763. The van der Waals surface area contributed by atoms with Gasteiger partial charge in [0.1, 0.15) is 0 Å². The molecule has 0 saturated carbocycles. The van der Waals surface area contributed by atoms with Crippen molar-refractivity contribution in [2.45, 2.75) is 32.9 Å². The van der Waals surface area contributed by atoms with Crippen molar-refractivity contribution >= 4 is 11.6 Å². The predicted molar refractivity (Wildman–Crippen MR) is 118 cm³/mol. The van der Waals surface area contributed by atoms with Gasteiger partial charge in [-0.25, -0.2) is 0 Å². The maximum Gasteiger partial charge on any atom is 0.251 e. The SMILES string of the molecule is CCn1cc([C@H](CNC(=O)c2ccccc2)N2CCC(c3ccccc3)=N2)c(C)n1. The summed E-state index contributed by atoms with van der Waals surface area (Å²) in [6.45, 7) is 6.18. The Morgan fingerprint density at radius 2 is 1.80 bits per heavy atom. The van der Waals surface area contributed by atoms with Crippen LogP contribution in [0, 0.1) is 6.92 Å². The minimum absolute atomic E-state index is 0.0702. The van der Waals surface area contributed by atoms with E-state index in [0.29, 0.717) is 12.1 Å². The smallest absolute Gasteiger partial charge is 0.251 e. The zero-order valence-corrected chi connectivity index (χ0v) is 17.5. The standard InChI is InChI=1S/C24H27N5O/c1-3-28-17-21(18(2)26-28)23(16-25-24(30)20-12-8-5-9-13-20)29-15-14-22(27-29)19-10-6-4-7-11-19/h4-13,17,23H,3,14-16H2,1-2H3,(H,25,30)/t23-/m0/s1. The van der Waals surface area contributed by atoms with Crippen molar-refractivity contribution < 1.29 is 4.79 Å². The number of amides is 1. The number of hydrogen-bond donors (Lipinski definition) is 1. The van der Waals surface area contributed by atoms with Crippen LogP contribution in [0.15, 0.2) is 72.0 Å². The molecular weight excluding hydrogens is 374 g/mol. The molecule has 1 aliphatic rings. The Morgan fingerprint density at radius 1 is 1.10 bits per heavy atom. The second-order valence-electron chi connectivity index (χ2n) is 7.44. The zero-order chi connectivity index (χ0) is 20.9. The van der Waals surface area contributed by atoms with Gasteiger partial charge in [0.15, 0.2) is 0 Å². The summed E-state index contributed by atoms with van der Waals surface area (Å²) in [4.78, 5) is 12.6. The van der Waals surface area contributed by atoms with Gasteiger partial charge in [-0.15, -0.1) is 0 Å². The van der Waals surface area contributed by atoms with Crippen molar-refractivity contribution in [3.63, 3.8) is 0 Å². The highest BCUT2D eigenvalue weighted by molar-refractivity contribution is 6.01. The molecule has 0 unspecified atom stereocenters. The third kappa shape index (κ3) is 4.27. The summed E-state index contributed by atoms with van der Waals surface area (Å²) in [6.07, 6.45) is 2.96. The quantitative estimate of drug-likeness (QED) is 0.655. The zero-order valence-electron chi connectivity index (χ0n) is 17.5. The molecule has 6 heteroatoms. The predicted octanol–water partition coefficient (Wildman–Crippen LogP) is 3.79. The monoisotopic (exact) mass is 401 g/mol. The minimum atomic E-state index is -0.0763. The van der Waals surface area contributed by atoms with Crippen molar-refractivity contribution in [3.05, 3.63) is 89.2 Å². The summed E-state index contributed by atoms with van der Waals surface area (Å²) in [6, 6.07) is 19.5. The van der Waals surface area contributed by atoms with Gasteiger partial charge in [0, 0.05) is 43.4 Å². The number of hydrogen-bond acceptors (Lipinski definition) is 4. The third-order valence-corrected chi connectivity index (χ3v) is 5.45. The number of hydrazone groups is 1. The van der Waals surface area contributed by atoms with Crippen LogP contribution in [0.3, 0.4) is 0 Å². The average Bonchev–Trinajstić information content (AvgIpc) is 3.42. The van der Waals surface area contributed by atoms with Crippen LogP contribution in [0.4, 0.5) is 0 Å². The van der Waals surface area contributed by atoms with E-state index in [-0.39, 0.29) is 11.9 Å². The number of rotatable bonds is 7. The third-order valence-electron chi connectivity index (χ3n) is 5.45. The first kappa shape index (κ1) is 19.9. The fourth-order valence-corrected chi connectivity index (χ4v) is 3.81. The minimum Gasteiger partial charge on any atom is -0.350 e. The molecule has 3 aromatic rings. The number of benzene rings is 2. The molecule has 4 rings (SSSR count). The molecular formula is C24H27N5O. The van der Waals surface area contributed by atoms with E-state index in [1.807, 2.05) is 60.1 Å². The number of carbonyl (C=O) groups is 1. The van der Waals surface area contributed by atoms with Gasteiger partial charge >= 0.3 is 0 Å². The van der Waals surface area contributed by atoms with Gasteiger partial charge in [-0.05, 0) is 31.5 Å². The highest BCUT2D eigenvalue weighted by Crippen LogP contribution is 2.27. The van der Waals surface area contributed by atoms with Gasteiger partial charge in [-0.1, -0.05) is 48.5 Å². The summed E-state index contributed by atoms with van der Waals surface area (Å²) in [5, 5.41) is 14.7. The number of aryl methyl sites for hydroxylation is 2. The fourth-order valence-electron chi connectivity index (χ4n) is 3.81. The first-order valence-electron chi connectivity index (χ1n) is 10.4. The van der Waals surface area contributed by atoms with Crippen LogP contribution < -0.4 is 5.32 Å². The molecule has 1 amide bonds. The van der Waals surface area contributed by atoms with E-state index >= 15 is 0 Å². The molecule has 2 aromatic carbocycles. The number of aromatic nitrogens is 2. The van der Waals surface area contributed by atoms with E-state index in [0.717, 1.165) is 42.0 Å².